The van der Waals surface area contributed by atoms with Gasteiger partial charge < -0.3 is 4.74 Å². The number of rotatable bonds is 0. The van der Waals surface area contributed by atoms with Crippen LogP contribution >= 0.6 is 0 Å². The van der Waals surface area contributed by atoms with E-state index in [9.17, 15) is 8.42 Å². The Hall–Kier alpha value is -0.0900. The van der Waals surface area contributed by atoms with Crippen molar-refractivity contribution in [2.45, 2.75) is 12.8 Å². The lowest BCUT2D eigenvalue weighted by atomic mass is 10.4. The predicted molar refractivity (Wildman–Crippen MR) is 32.2 cm³/mol. The average molecular weight is 148 g/mol. The summed E-state index contributed by atoms with van der Waals surface area (Å²) in [6, 6.07) is 0. The molecule has 1 saturated heterocycles. The molecular weight excluding hydrogens is 140 g/mol. The fourth-order valence-corrected chi connectivity index (χ4v) is 1.57. The van der Waals surface area contributed by atoms with Gasteiger partial charge in [-0.3, -0.25) is 0 Å². The first-order chi connectivity index (χ1) is 4.21. The highest BCUT2D eigenvalue weighted by Crippen LogP contribution is 2.07. The molecule has 1 rings (SSSR count). The van der Waals surface area contributed by atoms with E-state index < -0.39 is 9.84 Å². The molecule has 52 valence electrons. The molecule has 0 unspecified atom stereocenters. The Bertz CT molecular complexity index is 157. The third-order valence-corrected chi connectivity index (χ3v) is 2.29. The molecule has 1 aliphatic rings. The number of sulfone groups is 1. The maximum Gasteiger partial charge on any atom is 0.264 e. The summed E-state index contributed by atoms with van der Waals surface area (Å²) in [5, 5.41) is 0. The molecule has 0 amide bonds. The van der Waals surface area contributed by atoms with Gasteiger partial charge in [0.05, 0.1) is 5.75 Å². The first-order valence-electron chi connectivity index (χ1n) is 2.82. The Morgan fingerprint density at radius 3 is 2.89 bits per heavy atom. The molecule has 0 bridgehead atoms. The molecule has 9 heavy (non-hydrogen) atoms. The van der Waals surface area contributed by atoms with E-state index in [0.29, 0.717) is 13.0 Å². The second-order valence-electron chi connectivity index (χ2n) is 1.96. The predicted octanol–water partition coefficient (Wildman–Crippen LogP) is 0.208. The minimum Gasteiger partial charge on any atom is -0.352 e. The Balaban J connectivity index is 2.56. The maximum atomic E-state index is 10.6. The van der Waals surface area contributed by atoms with Crippen LogP contribution in [0.2, 0.25) is 0 Å². The van der Waals surface area contributed by atoms with Gasteiger partial charge in [-0.05, 0) is 12.8 Å². The number of hydrogen-bond donors (Lipinski definition) is 0. The van der Waals surface area contributed by atoms with Crippen LogP contribution < -0.4 is 0 Å². The summed E-state index contributed by atoms with van der Waals surface area (Å²) >= 11 is 0. The maximum absolute atomic E-state index is 10.6. The lowest BCUT2D eigenvalue weighted by molar-refractivity contribution is 0.226. The molecule has 2 radical (unpaired) electrons. The van der Waals surface area contributed by atoms with Crippen LogP contribution in [-0.2, 0) is 14.6 Å². The summed E-state index contributed by atoms with van der Waals surface area (Å²) in [5.41, 5.74) is 0. The van der Waals surface area contributed by atoms with Crippen molar-refractivity contribution in [2.24, 2.45) is 0 Å². The Morgan fingerprint density at radius 1 is 1.33 bits per heavy atom. The fourth-order valence-electron chi connectivity index (χ4n) is 0.639. The summed E-state index contributed by atoms with van der Waals surface area (Å²) in [6.45, 7) is 0.485. The monoisotopic (exact) mass is 148 g/mol. The van der Waals surface area contributed by atoms with Gasteiger partial charge in [0.1, 0.15) is 0 Å². The molecule has 0 aliphatic carbocycles. The zero-order valence-electron chi connectivity index (χ0n) is 4.96. The van der Waals surface area contributed by atoms with Gasteiger partial charge in [0.15, 0.2) is 9.84 Å². The first-order valence-corrected chi connectivity index (χ1v) is 4.47. The molecule has 4 heteroatoms. The summed E-state index contributed by atoms with van der Waals surface area (Å²) in [6.07, 6.45) is 1.50. The summed E-state index contributed by atoms with van der Waals surface area (Å²) in [5.74, 6) is 2.18. The van der Waals surface area contributed by atoms with Crippen molar-refractivity contribution < 1.29 is 13.2 Å². The number of ether oxygens (including phenoxy) is 1. The highest BCUT2D eigenvalue weighted by atomic mass is 32.2. The van der Waals surface area contributed by atoms with Crippen molar-refractivity contribution in [1.29, 1.82) is 0 Å². The van der Waals surface area contributed by atoms with Crippen LogP contribution in [0.25, 0.3) is 0 Å². The molecule has 0 saturated carbocycles. The lowest BCUT2D eigenvalue weighted by Gasteiger charge is -1.91. The fraction of sp³-hybridized carbons (Fsp3) is 0.800. The van der Waals surface area contributed by atoms with Gasteiger partial charge in [-0.15, -0.1) is 0 Å². The molecule has 0 aromatic carbocycles. The highest BCUT2D eigenvalue weighted by Gasteiger charge is 2.15. The van der Waals surface area contributed by atoms with Crippen LogP contribution in [0.4, 0.5) is 0 Å². The van der Waals surface area contributed by atoms with Crippen molar-refractivity contribution in [3.63, 3.8) is 0 Å². The molecular formula is C5H8O3S. The van der Waals surface area contributed by atoms with Crippen molar-refractivity contribution in [1.82, 2.24) is 0 Å². The second kappa shape index (κ2) is 2.66. The third-order valence-electron chi connectivity index (χ3n) is 1.10. The van der Waals surface area contributed by atoms with E-state index in [1.165, 1.54) is 0 Å². The van der Waals surface area contributed by atoms with Gasteiger partial charge in [-0.1, -0.05) is 0 Å². The first kappa shape index (κ1) is 7.02. The molecule has 3 nitrogen and oxygen atoms in total. The molecule has 1 fully saturated rings. The van der Waals surface area contributed by atoms with Crippen LogP contribution in [0.15, 0.2) is 0 Å². The van der Waals surface area contributed by atoms with Crippen molar-refractivity contribution in [2.75, 3.05) is 12.4 Å². The minimum absolute atomic E-state index is 0.188. The van der Waals surface area contributed by atoms with Crippen LogP contribution in [0.1, 0.15) is 12.8 Å². The Kier molecular flexibility index (Phi) is 2.08. The van der Waals surface area contributed by atoms with E-state index in [1.54, 1.807) is 0 Å². The topological polar surface area (TPSA) is 43.4 Å². The zero-order chi connectivity index (χ0) is 6.74. The second-order valence-corrected chi connectivity index (χ2v) is 3.76. The molecule has 1 aliphatic heterocycles. The average Bonchev–Trinajstić information content (AvgIpc) is 1.92. The molecule has 1 heterocycles. The summed E-state index contributed by atoms with van der Waals surface area (Å²) in [4.78, 5) is 0. The van der Waals surface area contributed by atoms with E-state index in [0.717, 1.165) is 6.42 Å². The number of hydrogen-bond acceptors (Lipinski definition) is 3. The van der Waals surface area contributed by atoms with Gasteiger partial charge in [-0.2, -0.15) is 0 Å². The van der Waals surface area contributed by atoms with Crippen LogP contribution in [-0.4, -0.2) is 20.8 Å². The lowest BCUT2D eigenvalue weighted by Crippen LogP contribution is -2.03. The normalized spacial score (nSPS) is 27.1. The molecule has 0 N–H and O–H groups in total. The van der Waals surface area contributed by atoms with Gasteiger partial charge in [0.25, 0.3) is 5.94 Å². The molecule has 0 aromatic rings. The van der Waals surface area contributed by atoms with E-state index in [-0.39, 0.29) is 5.75 Å². The van der Waals surface area contributed by atoms with Crippen molar-refractivity contribution in [3.05, 3.63) is 5.94 Å². The highest BCUT2D eigenvalue weighted by molar-refractivity contribution is 7.93. The van der Waals surface area contributed by atoms with Crippen molar-refractivity contribution in [3.8, 4) is 0 Å². The third kappa shape index (κ3) is 2.32. The molecule has 0 aromatic heterocycles. The van der Waals surface area contributed by atoms with Crippen LogP contribution in [0.5, 0.6) is 0 Å². The van der Waals surface area contributed by atoms with Gasteiger partial charge >= 0.3 is 0 Å². The van der Waals surface area contributed by atoms with Crippen molar-refractivity contribution >= 4 is 9.84 Å². The Morgan fingerprint density at radius 2 is 2.11 bits per heavy atom. The summed E-state index contributed by atoms with van der Waals surface area (Å²) < 4.78 is 25.8. The molecule has 0 spiro atoms. The Labute approximate surface area is 54.9 Å². The van der Waals surface area contributed by atoms with Crippen LogP contribution in [0.3, 0.4) is 0 Å². The molecule has 0 atom stereocenters. The SMILES string of the molecule is O=S1(=O)[C]OCCCC1. The largest absolute Gasteiger partial charge is 0.352 e. The minimum atomic E-state index is -3.09. The van der Waals surface area contributed by atoms with Gasteiger partial charge in [0.2, 0.25) is 0 Å². The van der Waals surface area contributed by atoms with Gasteiger partial charge in [0, 0.05) is 6.61 Å². The van der Waals surface area contributed by atoms with Crippen LogP contribution in [0, 0.1) is 5.94 Å². The smallest absolute Gasteiger partial charge is 0.264 e. The summed E-state index contributed by atoms with van der Waals surface area (Å²) in [7, 11) is -3.09. The van der Waals surface area contributed by atoms with Gasteiger partial charge in [-0.25, -0.2) is 8.42 Å². The van der Waals surface area contributed by atoms with E-state index in [4.69, 9.17) is 0 Å². The standard InChI is InChI=1S/C5H8O3S/c6-9(7)4-2-1-3-8-5-9/h1-4H2. The van der Waals surface area contributed by atoms with E-state index >= 15 is 0 Å². The van der Waals surface area contributed by atoms with E-state index in [1.807, 2.05) is 5.94 Å². The zero-order valence-corrected chi connectivity index (χ0v) is 5.78. The quantitative estimate of drug-likeness (QED) is 0.493. The van der Waals surface area contributed by atoms with E-state index in [2.05, 4.69) is 4.74 Å².